The second-order valence-electron chi connectivity index (χ2n) is 17.8. The van der Waals surface area contributed by atoms with Gasteiger partial charge in [0.25, 0.3) is 0 Å². The van der Waals surface area contributed by atoms with Gasteiger partial charge >= 0.3 is 30.6 Å². The largest absolute Gasteiger partial charge is 0.475 e. The monoisotopic (exact) mass is 930 g/mol. The van der Waals surface area contributed by atoms with E-state index >= 15 is 0 Å². The molecule has 59 heavy (non-hydrogen) atoms. The summed E-state index contributed by atoms with van der Waals surface area (Å²) < 4.78 is 105. The van der Waals surface area contributed by atoms with Gasteiger partial charge in [-0.15, -0.1) is 18.7 Å². The molecule has 3 aliphatic rings. The fourth-order valence-corrected chi connectivity index (χ4v) is 15.4. The molecule has 0 aromatic carbocycles. The Morgan fingerprint density at radius 3 is 1.36 bits per heavy atom. The zero-order valence-electron chi connectivity index (χ0n) is 37.9. The Kier molecular flexibility index (Phi) is 24.3. The van der Waals surface area contributed by atoms with Crippen LogP contribution in [0.25, 0.3) is 0 Å². The molecule has 0 spiro atoms. The summed E-state index contributed by atoms with van der Waals surface area (Å²) in [5.74, 6) is 0.0137. The van der Waals surface area contributed by atoms with Crippen molar-refractivity contribution in [2.24, 2.45) is 16.7 Å². The first-order chi connectivity index (χ1) is 27.7. The second kappa shape index (κ2) is 25.8. The molecule has 0 radical (unpaired) electrons. The molecule has 0 aromatic rings. The van der Waals surface area contributed by atoms with Crippen molar-refractivity contribution >= 4 is 30.6 Å². The Hall–Kier alpha value is 0.400. The van der Waals surface area contributed by atoms with Gasteiger partial charge in [-0.3, -0.25) is 27.3 Å². The van der Waals surface area contributed by atoms with Gasteiger partial charge in [-0.05, 0) is 70.6 Å². The van der Waals surface area contributed by atoms with Gasteiger partial charge < -0.3 is 9.05 Å². The van der Waals surface area contributed by atoms with Gasteiger partial charge in [-0.25, -0.2) is 24.1 Å². The Balaban J connectivity index is 0.000000407. The lowest BCUT2D eigenvalue weighted by atomic mass is 9.97. The van der Waals surface area contributed by atoms with E-state index in [2.05, 4.69) is 0 Å². The molecular formula is C38H78O17P4. The van der Waals surface area contributed by atoms with Crippen molar-refractivity contribution in [2.75, 3.05) is 52.9 Å². The predicted octanol–water partition coefficient (Wildman–Crippen LogP) is 13.2. The van der Waals surface area contributed by atoms with Crippen molar-refractivity contribution in [2.45, 2.75) is 176 Å². The highest BCUT2D eigenvalue weighted by Gasteiger charge is 2.65. The number of phosphoric acid groups is 1. The lowest BCUT2D eigenvalue weighted by molar-refractivity contribution is -0.276. The van der Waals surface area contributed by atoms with Crippen LogP contribution >= 0.6 is 30.6 Å². The maximum absolute atomic E-state index is 13.9. The van der Waals surface area contributed by atoms with Crippen molar-refractivity contribution in [3.8, 4) is 0 Å². The minimum Gasteiger partial charge on any atom is -0.307 e. The van der Waals surface area contributed by atoms with E-state index in [1.807, 2.05) is 69.2 Å². The standard InChI is InChI=1S/C19H38O9P2.C19H40O8P2/c1-5-7-14-22-27-29(20,28-23-15-8-6-2)19(12-10-9-11-13-19)26-30(21)24-16-18(3,4)17-25-30;1-8-10-12-22-26-29(21,27-23-13-11-9-2)19(7,14-17(3)4)28(20)24-15-18(5,6)16-25-28/h5-17H2,1-4H3;17H,8-16H2,1-7H3. The third-order valence-corrected chi connectivity index (χ3v) is 19.3. The zero-order chi connectivity index (χ0) is 44.3. The second-order valence-corrected chi connectivity index (χ2v) is 26.6. The number of unbranched alkanes of at least 4 members (excludes halogenated alkanes) is 4. The van der Waals surface area contributed by atoms with E-state index < -0.39 is 40.8 Å². The van der Waals surface area contributed by atoms with Crippen molar-refractivity contribution in [3.05, 3.63) is 0 Å². The lowest BCUT2D eigenvalue weighted by Gasteiger charge is -2.44. The van der Waals surface area contributed by atoms with Crippen molar-refractivity contribution in [3.63, 3.8) is 0 Å². The zero-order valence-corrected chi connectivity index (χ0v) is 41.4. The van der Waals surface area contributed by atoms with Crippen LogP contribution in [0, 0.1) is 16.7 Å². The van der Waals surface area contributed by atoms with Gasteiger partial charge in [0.1, 0.15) is 0 Å². The quantitative estimate of drug-likeness (QED) is 0.0327. The van der Waals surface area contributed by atoms with Crippen molar-refractivity contribution < 1.29 is 79.1 Å². The van der Waals surface area contributed by atoms with E-state index in [-0.39, 0.29) is 76.0 Å². The van der Waals surface area contributed by atoms with E-state index in [1.165, 1.54) is 0 Å². The van der Waals surface area contributed by atoms with E-state index in [9.17, 15) is 18.3 Å². The fourth-order valence-electron chi connectivity index (χ4n) is 5.95. The molecule has 1 atom stereocenters. The fraction of sp³-hybridized carbons (Fsp3) is 1.00. The summed E-state index contributed by atoms with van der Waals surface area (Å²) >= 11 is 0. The lowest BCUT2D eigenvalue weighted by Crippen LogP contribution is -2.38. The minimum absolute atomic E-state index is 0.0137. The predicted molar refractivity (Wildman–Crippen MR) is 224 cm³/mol. The summed E-state index contributed by atoms with van der Waals surface area (Å²) in [5, 5.41) is -1.53. The third-order valence-electron chi connectivity index (χ3n) is 9.80. The summed E-state index contributed by atoms with van der Waals surface area (Å²) in [7, 11) is -16.2. The Labute approximate surface area is 354 Å². The number of rotatable bonds is 27. The minimum atomic E-state index is -4.21. The summed E-state index contributed by atoms with van der Waals surface area (Å²) in [6.07, 6.45) is 9.58. The van der Waals surface area contributed by atoms with Gasteiger partial charge in [-0.2, -0.15) is 0 Å². The maximum atomic E-state index is 13.9. The van der Waals surface area contributed by atoms with Crippen LogP contribution in [0.4, 0.5) is 0 Å². The number of hydrogen-bond donors (Lipinski definition) is 0. The first kappa shape index (κ1) is 55.5. The first-order valence-corrected chi connectivity index (χ1v) is 27.7. The van der Waals surface area contributed by atoms with E-state index in [0.717, 1.165) is 57.8 Å². The molecule has 21 heteroatoms. The van der Waals surface area contributed by atoms with Crippen LogP contribution in [-0.4, -0.2) is 63.1 Å². The van der Waals surface area contributed by atoms with Crippen LogP contribution in [0.15, 0.2) is 0 Å². The van der Waals surface area contributed by atoms with Gasteiger partial charge in [0.15, 0.2) is 10.2 Å². The number of hydrogen-bond acceptors (Lipinski definition) is 17. The van der Waals surface area contributed by atoms with Gasteiger partial charge in [-0.1, -0.05) is 101 Å². The molecular weight excluding hydrogens is 852 g/mol. The van der Waals surface area contributed by atoms with Crippen LogP contribution < -0.4 is 0 Å². The topological polar surface area (TPSA) is 188 Å². The van der Waals surface area contributed by atoms with Crippen molar-refractivity contribution in [1.29, 1.82) is 0 Å². The summed E-state index contributed by atoms with van der Waals surface area (Å²) in [6.45, 7) is 23.0. The molecule has 3 rings (SSSR count). The molecule has 3 fully saturated rings. The van der Waals surface area contributed by atoms with Crippen LogP contribution in [0.5, 0.6) is 0 Å². The van der Waals surface area contributed by atoms with E-state index in [4.69, 9.17) is 60.9 Å². The highest BCUT2D eigenvalue weighted by molar-refractivity contribution is 7.74. The smallest absolute Gasteiger partial charge is 0.307 e. The molecule has 0 amide bonds. The normalized spacial score (nSPS) is 22.3. The van der Waals surface area contributed by atoms with E-state index in [0.29, 0.717) is 25.7 Å². The first-order valence-electron chi connectivity index (χ1n) is 21.6. The van der Waals surface area contributed by atoms with Gasteiger partial charge in [0.2, 0.25) is 0 Å². The molecule has 2 heterocycles. The Morgan fingerprint density at radius 1 is 0.610 bits per heavy atom. The molecule has 0 aromatic heterocycles. The molecule has 2 aliphatic heterocycles. The Morgan fingerprint density at radius 2 is 0.983 bits per heavy atom. The molecule has 0 N–H and O–H groups in total. The third kappa shape index (κ3) is 17.0. The molecule has 1 saturated carbocycles. The van der Waals surface area contributed by atoms with Crippen LogP contribution in [0.3, 0.4) is 0 Å². The summed E-state index contributed by atoms with van der Waals surface area (Å²) in [4.78, 5) is 19.2. The highest BCUT2D eigenvalue weighted by Crippen LogP contribution is 2.80. The molecule has 1 unspecified atom stereocenters. The average Bonchev–Trinajstić information content (AvgIpc) is 3.18. The molecule has 17 nitrogen and oxygen atoms in total. The number of phosphoric ester groups is 1. The van der Waals surface area contributed by atoms with Gasteiger partial charge in [0, 0.05) is 10.8 Å². The van der Waals surface area contributed by atoms with Crippen LogP contribution in [0.1, 0.15) is 166 Å². The maximum Gasteiger partial charge on any atom is 0.475 e. The van der Waals surface area contributed by atoms with Crippen LogP contribution in [-0.2, 0) is 79.1 Å². The molecule has 0 bridgehead atoms. The summed E-state index contributed by atoms with van der Waals surface area (Å²) in [5.41, 5.74) is -0.589. The average molecular weight is 931 g/mol. The molecule has 1 aliphatic carbocycles. The van der Waals surface area contributed by atoms with Gasteiger partial charge in [0.05, 0.1) is 52.9 Å². The summed E-state index contributed by atoms with van der Waals surface area (Å²) in [6, 6.07) is 0. The highest BCUT2D eigenvalue weighted by atomic mass is 31.2. The molecule has 2 saturated heterocycles. The SMILES string of the molecule is CCCCOOP(=O)(OOCCCC)C(C)(CC(C)C)P1(=O)OCC(C)(C)CO1.CCCCOOP(=O)(OOCCCC)C1(OP2(=O)OCC(C)(C)CO2)CCCCC1. The molecule has 352 valence electrons. The Bertz CT molecular complexity index is 1330. The van der Waals surface area contributed by atoms with Crippen LogP contribution in [0.2, 0.25) is 0 Å². The van der Waals surface area contributed by atoms with Crippen molar-refractivity contribution in [1.82, 2.24) is 0 Å². The van der Waals surface area contributed by atoms with E-state index in [1.54, 1.807) is 6.92 Å².